The fourth-order valence-electron chi connectivity index (χ4n) is 4.66. The first kappa shape index (κ1) is 21.1. The normalized spacial score (nSPS) is 20.2. The van der Waals surface area contributed by atoms with Gasteiger partial charge in [0.25, 0.3) is 0 Å². The van der Waals surface area contributed by atoms with Crippen molar-refractivity contribution in [1.29, 1.82) is 0 Å². The van der Waals surface area contributed by atoms with Gasteiger partial charge in [0, 0.05) is 56.7 Å². The third-order valence-corrected chi connectivity index (χ3v) is 6.72. The van der Waals surface area contributed by atoms with Crippen LogP contribution in [0.4, 0.5) is 5.69 Å². The lowest BCUT2D eigenvalue weighted by Crippen LogP contribution is -2.41. The van der Waals surface area contributed by atoms with E-state index in [1.165, 1.54) is 5.56 Å². The van der Waals surface area contributed by atoms with Gasteiger partial charge in [-0.25, -0.2) is 0 Å². The molecule has 0 aliphatic carbocycles. The summed E-state index contributed by atoms with van der Waals surface area (Å²) < 4.78 is 12.0. The third-order valence-electron chi connectivity index (χ3n) is 6.72. The van der Waals surface area contributed by atoms with Crippen LogP contribution in [0.25, 0.3) is 0 Å². The zero-order valence-electron chi connectivity index (χ0n) is 18.3. The maximum absolute atomic E-state index is 6.31. The Morgan fingerprint density at radius 1 is 1.13 bits per heavy atom. The van der Waals surface area contributed by atoms with E-state index in [0.29, 0.717) is 12.1 Å². The Morgan fingerprint density at radius 2 is 1.87 bits per heavy atom. The van der Waals surface area contributed by atoms with Gasteiger partial charge in [-0.05, 0) is 69.4 Å². The number of ether oxygens (including phenoxy) is 2. The minimum Gasteiger partial charge on any atom is -0.490 e. The van der Waals surface area contributed by atoms with E-state index in [1.807, 2.05) is 12.3 Å². The average molecular weight is 410 g/mol. The standard InChI is InChI=1S/C25H35N3O2/c1-20(2)28-14-9-24(10-15-28)30-23-7-5-21(6-8-23)25(11-16-29-17-12-25)19-27-22-4-3-13-26-18-22/h3-8,13,18,20,24,27H,9-12,14-17,19H2,1-2H3. The minimum absolute atomic E-state index is 0.0786. The summed E-state index contributed by atoms with van der Waals surface area (Å²) >= 11 is 0. The largest absolute Gasteiger partial charge is 0.490 e. The number of hydrogen-bond donors (Lipinski definition) is 1. The molecule has 0 saturated carbocycles. The maximum Gasteiger partial charge on any atom is 0.119 e. The molecule has 1 N–H and O–H groups in total. The highest BCUT2D eigenvalue weighted by Gasteiger charge is 2.34. The smallest absolute Gasteiger partial charge is 0.119 e. The highest BCUT2D eigenvalue weighted by Crippen LogP contribution is 2.36. The van der Waals surface area contributed by atoms with E-state index in [1.54, 1.807) is 6.20 Å². The Hall–Kier alpha value is -2.11. The first-order valence-corrected chi connectivity index (χ1v) is 11.4. The van der Waals surface area contributed by atoms with Crippen molar-refractivity contribution in [3.05, 3.63) is 54.4 Å². The maximum atomic E-state index is 6.31. The van der Waals surface area contributed by atoms with Crippen molar-refractivity contribution >= 4 is 5.69 Å². The molecule has 162 valence electrons. The van der Waals surface area contributed by atoms with Gasteiger partial charge in [0.05, 0.1) is 5.69 Å². The number of nitrogens with one attached hydrogen (secondary N) is 1. The highest BCUT2D eigenvalue weighted by atomic mass is 16.5. The van der Waals surface area contributed by atoms with Gasteiger partial charge in [-0.1, -0.05) is 12.1 Å². The molecule has 0 spiro atoms. The summed E-state index contributed by atoms with van der Waals surface area (Å²) in [5.74, 6) is 0.990. The summed E-state index contributed by atoms with van der Waals surface area (Å²) in [7, 11) is 0. The summed E-state index contributed by atoms with van der Waals surface area (Å²) in [4.78, 5) is 6.75. The fourth-order valence-corrected chi connectivity index (χ4v) is 4.66. The highest BCUT2D eigenvalue weighted by molar-refractivity contribution is 5.42. The topological polar surface area (TPSA) is 46.6 Å². The zero-order chi connectivity index (χ0) is 20.8. The predicted molar refractivity (Wildman–Crippen MR) is 121 cm³/mol. The third kappa shape index (κ3) is 5.13. The van der Waals surface area contributed by atoms with Crippen molar-refractivity contribution in [1.82, 2.24) is 9.88 Å². The van der Waals surface area contributed by atoms with Crippen LogP contribution < -0.4 is 10.1 Å². The fraction of sp³-hybridized carbons (Fsp3) is 0.560. The van der Waals surface area contributed by atoms with E-state index < -0.39 is 0 Å². The summed E-state index contributed by atoms with van der Waals surface area (Å²) in [6, 6.07) is 13.5. The number of pyridine rings is 1. The zero-order valence-corrected chi connectivity index (χ0v) is 18.3. The first-order valence-electron chi connectivity index (χ1n) is 11.4. The van der Waals surface area contributed by atoms with Crippen molar-refractivity contribution in [2.45, 2.75) is 57.1 Å². The van der Waals surface area contributed by atoms with Crippen LogP contribution in [0, 0.1) is 0 Å². The molecule has 2 saturated heterocycles. The van der Waals surface area contributed by atoms with Gasteiger partial charge < -0.3 is 19.7 Å². The molecule has 0 atom stereocenters. The molecule has 1 aromatic carbocycles. The lowest BCUT2D eigenvalue weighted by atomic mass is 9.74. The molecular weight excluding hydrogens is 374 g/mol. The molecular formula is C25H35N3O2. The van der Waals surface area contributed by atoms with Gasteiger partial charge in [-0.3, -0.25) is 4.98 Å². The first-order chi connectivity index (χ1) is 14.6. The second-order valence-corrected chi connectivity index (χ2v) is 8.96. The van der Waals surface area contributed by atoms with Gasteiger partial charge >= 0.3 is 0 Å². The molecule has 0 unspecified atom stereocenters. The summed E-state index contributed by atoms with van der Waals surface area (Å²) in [5, 5.41) is 3.59. The summed E-state index contributed by atoms with van der Waals surface area (Å²) in [6.45, 7) is 9.30. The molecule has 5 nitrogen and oxygen atoms in total. The monoisotopic (exact) mass is 409 g/mol. The molecule has 4 rings (SSSR count). The van der Waals surface area contributed by atoms with Crippen LogP contribution in [0.5, 0.6) is 5.75 Å². The van der Waals surface area contributed by atoms with Crippen molar-refractivity contribution in [3.8, 4) is 5.75 Å². The van der Waals surface area contributed by atoms with Crippen LogP contribution in [-0.2, 0) is 10.2 Å². The molecule has 2 aliphatic heterocycles. The SMILES string of the molecule is CC(C)N1CCC(Oc2ccc(C3(CNc4cccnc4)CCOCC3)cc2)CC1. The van der Waals surface area contributed by atoms with E-state index in [2.05, 4.69) is 59.4 Å². The van der Waals surface area contributed by atoms with Crippen LogP contribution >= 0.6 is 0 Å². The Balaban J connectivity index is 1.40. The predicted octanol–water partition coefficient (Wildman–Crippen LogP) is 4.49. The molecule has 0 radical (unpaired) electrons. The van der Waals surface area contributed by atoms with Gasteiger partial charge in [-0.2, -0.15) is 0 Å². The molecule has 3 heterocycles. The van der Waals surface area contributed by atoms with Gasteiger partial charge in [0.15, 0.2) is 0 Å². The number of benzene rings is 1. The minimum atomic E-state index is 0.0786. The number of piperidine rings is 1. The molecule has 0 amide bonds. The van der Waals surface area contributed by atoms with E-state index in [0.717, 1.165) is 70.0 Å². The number of likely N-dealkylation sites (tertiary alicyclic amines) is 1. The van der Waals surface area contributed by atoms with E-state index in [-0.39, 0.29) is 5.41 Å². The molecule has 2 fully saturated rings. The number of aromatic nitrogens is 1. The van der Waals surface area contributed by atoms with E-state index in [4.69, 9.17) is 9.47 Å². The summed E-state index contributed by atoms with van der Waals surface area (Å²) in [6.07, 6.45) is 8.28. The quantitative estimate of drug-likeness (QED) is 0.730. The van der Waals surface area contributed by atoms with Crippen molar-refractivity contribution in [3.63, 3.8) is 0 Å². The van der Waals surface area contributed by atoms with Crippen LogP contribution in [0.3, 0.4) is 0 Å². The van der Waals surface area contributed by atoms with Gasteiger partial charge in [-0.15, -0.1) is 0 Å². The lowest BCUT2D eigenvalue weighted by Gasteiger charge is -2.38. The number of anilines is 1. The van der Waals surface area contributed by atoms with Crippen LogP contribution in [0.15, 0.2) is 48.8 Å². The Bertz CT molecular complexity index is 765. The van der Waals surface area contributed by atoms with Crippen LogP contribution in [0.1, 0.15) is 45.1 Å². The number of nitrogens with zero attached hydrogens (tertiary/aromatic N) is 2. The molecule has 2 aromatic rings. The second kappa shape index (κ2) is 9.80. The van der Waals surface area contributed by atoms with E-state index in [9.17, 15) is 0 Å². The molecule has 1 aromatic heterocycles. The Labute approximate surface area is 180 Å². The Morgan fingerprint density at radius 3 is 2.50 bits per heavy atom. The second-order valence-electron chi connectivity index (χ2n) is 8.96. The van der Waals surface area contributed by atoms with Crippen molar-refractivity contribution in [2.75, 3.05) is 38.2 Å². The lowest BCUT2D eigenvalue weighted by molar-refractivity contribution is 0.0543. The molecule has 0 bridgehead atoms. The van der Waals surface area contributed by atoms with Crippen LogP contribution in [0.2, 0.25) is 0 Å². The molecule has 2 aliphatic rings. The number of rotatable bonds is 7. The van der Waals surface area contributed by atoms with Crippen LogP contribution in [-0.4, -0.2) is 54.9 Å². The van der Waals surface area contributed by atoms with Crippen molar-refractivity contribution < 1.29 is 9.47 Å². The Kier molecular flexibility index (Phi) is 6.90. The van der Waals surface area contributed by atoms with Gasteiger partial charge in [0.1, 0.15) is 11.9 Å². The van der Waals surface area contributed by atoms with Gasteiger partial charge in [0.2, 0.25) is 0 Å². The summed E-state index contributed by atoms with van der Waals surface area (Å²) in [5.41, 5.74) is 2.51. The average Bonchev–Trinajstić information content (AvgIpc) is 2.80. The van der Waals surface area contributed by atoms with E-state index >= 15 is 0 Å². The molecule has 5 heteroatoms. The number of hydrogen-bond acceptors (Lipinski definition) is 5. The molecule has 30 heavy (non-hydrogen) atoms. The van der Waals surface area contributed by atoms with Crippen molar-refractivity contribution in [2.24, 2.45) is 0 Å².